The largest absolute Gasteiger partial charge is 0.444 e. The van der Waals surface area contributed by atoms with Gasteiger partial charge in [-0.25, -0.2) is 4.79 Å². The van der Waals surface area contributed by atoms with E-state index in [0.717, 1.165) is 6.07 Å². The molecule has 1 N–H and O–H groups in total. The molecule has 2 aliphatic rings. The number of benzene rings is 1. The molecule has 1 amide bonds. The van der Waals surface area contributed by atoms with Crippen LogP contribution in [-0.2, 0) is 10.7 Å². The molecule has 1 unspecified atom stereocenters. The number of carbonyl (C=O) groups is 1. The minimum Gasteiger partial charge on any atom is -0.444 e. The molecule has 1 atom stereocenters. The van der Waals surface area contributed by atoms with E-state index in [4.69, 9.17) is 32.4 Å². The van der Waals surface area contributed by atoms with Gasteiger partial charge in [-0.15, -0.1) is 10.2 Å². The molecule has 0 saturated carbocycles. The third-order valence-corrected chi connectivity index (χ3v) is 7.00. The van der Waals surface area contributed by atoms with Crippen molar-refractivity contribution in [1.82, 2.24) is 20.4 Å². The molecule has 11 heteroatoms. The van der Waals surface area contributed by atoms with Crippen LogP contribution in [0.3, 0.4) is 0 Å². The Bertz CT molecular complexity index is 1030. The highest BCUT2D eigenvalue weighted by atomic mass is 35.5. The highest BCUT2D eigenvalue weighted by Gasteiger charge is 2.50. The first kappa shape index (κ1) is 24.2. The summed E-state index contributed by atoms with van der Waals surface area (Å²) in [5.74, 6) is -4.37. The van der Waals surface area contributed by atoms with E-state index in [2.05, 4.69) is 15.5 Å². The second-order valence-electron chi connectivity index (χ2n) is 9.66. The summed E-state index contributed by atoms with van der Waals surface area (Å²) in [4.78, 5) is 14.1. The Morgan fingerprint density at radius 2 is 1.91 bits per heavy atom. The van der Waals surface area contributed by atoms with Gasteiger partial charge in [-0.1, -0.05) is 29.3 Å². The third-order valence-electron chi connectivity index (χ3n) is 6.27. The zero-order valence-corrected chi connectivity index (χ0v) is 20.1. The molecular weight excluding hydrogens is 477 g/mol. The highest BCUT2D eigenvalue weighted by Crippen LogP contribution is 2.47. The van der Waals surface area contributed by atoms with Crippen LogP contribution in [0.25, 0.3) is 0 Å². The standard InChI is InChI=1S/C22H26Cl2F2N4O3/c1-20(2,3)33-19(31)30-8-6-21(7-9-30)12-27-11-14(21)17-28-29-18(32-17)22(25,26)13-4-5-15(23)16(24)10-13/h4-5,10,14,27H,6-9,11-12H2,1-3H3. The lowest BCUT2D eigenvalue weighted by molar-refractivity contribution is 0.00517. The number of alkyl halides is 2. The Hall–Kier alpha value is -1.97. The summed E-state index contributed by atoms with van der Waals surface area (Å²) >= 11 is 11.7. The average Bonchev–Trinajstić information content (AvgIpc) is 3.37. The van der Waals surface area contributed by atoms with Crippen molar-refractivity contribution >= 4 is 29.3 Å². The van der Waals surface area contributed by atoms with E-state index in [0.29, 0.717) is 39.0 Å². The fraction of sp³-hybridized carbons (Fsp3) is 0.591. The molecule has 180 valence electrons. The molecule has 2 aromatic rings. The van der Waals surface area contributed by atoms with Crippen molar-refractivity contribution in [3.63, 3.8) is 0 Å². The van der Waals surface area contributed by atoms with Crippen LogP contribution in [0.2, 0.25) is 10.0 Å². The van der Waals surface area contributed by atoms with Crippen LogP contribution >= 0.6 is 23.2 Å². The van der Waals surface area contributed by atoms with Gasteiger partial charge in [-0.2, -0.15) is 8.78 Å². The van der Waals surface area contributed by atoms with Gasteiger partial charge in [0.25, 0.3) is 5.89 Å². The molecule has 7 nitrogen and oxygen atoms in total. The van der Waals surface area contributed by atoms with Gasteiger partial charge >= 0.3 is 12.0 Å². The Balaban J connectivity index is 1.50. The lowest BCUT2D eigenvalue weighted by Gasteiger charge is -2.41. The number of nitrogens with one attached hydrogen (secondary N) is 1. The second-order valence-corrected chi connectivity index (χ2v) is 10.5. The molecule has 1 spiro atoms. The topological polar surface area (TPSA) is 80.5 Å². The monoisotopic (exact) mass is 502 g/mol. The van der Waals surface area contributed by atoms with Crippen molar-refractivity contribution in [2.45, 2.75) is 51.1 Å². The van der Waals surface area contributed by atoms with E-state index in [9.17, 15) is 4.79 Å². The van der Waals surface area contributed by atoms with E-state index in [-0.39, 0.29) is 38.9 Å². The summed E-state index contributed by atoms with van der Waals surface area (Å²) in [6.07, 6.45) is 0.997. The minimum atomic E-state index is -3.52. The molecule has 33 heavy (non-hydrogen) atoms. The predicted molar refractivity (Wildman–Crippen MR) is 119 cm³/mol. The Morgan fingerprint density at radius 1 is 1.21 bits per heavy atom. The van der Waals surface area contributed by atoms with E-state index in [1.807, 2.05) is 20.8 Å². The van der Waals surface area contributed by atoms with Gasteiger partial charge in [0.1, 0.15) is 5.60 Å². The van der Waals surface area contributed by atoms with Gasteiger partial charge in [-0.05, 0) is 51.2 Å². The zero-order chi connectivity index (χ0) is 24.0. The van der Waals surface area contributed by atoms with Crippen LogP contribution in [0.1, 0.15) is 56.9 Å². The molecule has 0 radical (unpaired) electrons. The van der Waals surface area contributed by atoms with E-state index >= 15 is 8.78 Å². The van der Waals surface area contributed by atoms with Crippen molar-refractivity contribution in [3.05, 3.63) is 45.6 Å². The van der Waals surface area contributed by atoms with Crippen molar-refractivity contribution in [2.75, 3.05) is 26.2 Å². The van der Waals surface area contributed by atoms with Crippen molar-refractivity contribution in [1.29, 1.82) is 0 Å². The minimum absolute atomic E-state index is 0.0178. The fourth-order valence-corrected chi connectivity index (χ4v) is 4.76. The lowest BCUT2D eigenvalue weighted by atomic mass is 9.71. The van der Waals surface area contributed by atoms with Gasteiger partial charge in [-0.3, -0.25) is 0 Å². The van der Waals surface area contributed by atoms with Gasteiger partial charge in [0, 0.05) is 31.7 Å². The first-order valence-corrected chi connectivity index (χ1v) is 11.5. The summed E-state index contributed by atoms with van der Waals surface area (Å²) in [5.41, 5.74) is -1.21. The SMILES string of the molecule is CC(C)(C)OC(=O)N1CCC2(CC1)CNCC2c1nnc(C(F)(F)c2ccc(Cl)c(Cl)c2)o1. The molecule has 1 aromatic heterocycles. The maximum atomic E-state index is 15.0. The molecule has 4 rings (SSSR count). The van der Waals surface area contributed by atoms with Crippen molar-refractivity contribution < 1.29 is 22.7 Å². The van der Waals surface area contributed by atoms with Crippen molar-refractivity contribution in [3.8, 4) is 0 Å². The predicted octanol–water partition coefficient (Wildman–Crippen LogP) is 5.22. The molecule has 2 saturated heterocycles. The van der Waals surface area contributed by atoms with Crippen LogP contribution in [0.15, 0.2) is 22.6 Å². The number of hydrogen-bond donors (Lipinski definition) is 1. The Kier molecular flexibility index (Phi) is 6.35. The van der Waals surface area contributed by atoms with Gasteiger partial charge < -0.3 is 19.4 Å². The maximum absolute atomic E-state index is 15.0. The second kappa shape index (κ2) is 8.67. The number of piperidine rings is 1. The molecule has 2 aliphatic heterocycles. The summed E-state index contributed by atoms with van der Waals surface area (Å²) in [6, 6.07) is 3.58. The number of halogens is 4. The first-order chi connectivity index (χ1) is 15.4. The normalized spacial score (nSPS) is 20.9. The molecule has 3 heterocycles. The summed E-state index contributed by atoms with van der Waals surface area (Å²) in [7, 11) is 0. The van der Waals surface area contributed by atoms with E-state index in [1.54, 1.807) is 4.90 Å². The quantitative estimate of drug-likeness (QED) is 0.619. The van der Waals surface area contributed by atoms with Gasteiger partial charge in [0.2, 0.25) is 5.89 Å². The van der Waals surface area contributed by atoms with Crippen LogP contribution in [0, 0.1) is 5.41 Å². The summed E-state index contributed by atoms with van der Waals surface area (Å²) < 4.78 is 41.1. The molecule has 0 aliphatic carbocycles. The highest BCUT2D eigenvalue weighted by molar-refractivity contribution is 6.42. The van der Waals surface area contributed by atoms with Crippen LogP contribution < -0.4 is 5.32 Å². The maximum Gasteiger partial charge on any atom is 0.410 e. The van der Waals surface area contributed by atoms with Crippen LogP contribution in [0.4, 0.5) is 13.6 Å². The third kappa shape index (κ3) is 4.81. The fourth-order valence-electron chi connectivity index (χ4n) is 4.46. The van der Waals surface area contributed by atoms with Crippen LogP contribution in [-0.4, -0.2) is 53.0 Å². The van der Waals surface area contributed by atoms with Gasteiger partial charge in [0.15, 0.2) is 0 Å². The number of amides is 1. The van der Waals surface area contributed by atoms with Gasteiger partial charge in [0.05, 0.1) is 16.0 Å². The number of carbonyl (C=O) groups excluding carboxylic acids is 1. The number of hydrogen-bond acceptors (Lipinski definition) is 6. The van der Waals surface area contributed by atoms with E-state index < -0.39 is 17.4 Å². The van der Waals surface area contributed by atoms with E-state index in [1.165, 1.54) is 12.1 Å². The first-order valence-electron chi connectivity index (χ1n) is 10.8. The number of ether oxygens (including phenoxy) is 1. The molecule has 2 fully saturated rings. The average molecular weight is 503 g/mol. The smallest absolute Gasteiger partial charge is 0.410 e. The molecule has 1 aromatic carbocycles. The zero-order valence-electron chi connectivity index (χ0n) is 18.6. The molecular formula is C22H26Cl2F2N4O3. The summed E-state index contributed by atoms with van der Waals surface area (Å²) in [5, 5.41) is 11.2. The number of aromatic nitrogens is 2. The van der Waals surface area contributed by atoms with Crippen molar-refractivity contribution in [2.24, 2.45) is 5.41 Å². The Labute approximate surface area is 200 Å². The number of likely N-dealkylation sites (tertiary alicyclic amines) is 1. The number of rotatable bonds is 3. The Morgan fingerprint density at radius 3 is 2.55 bits per heavy atom. The molecule has 0 bridgehead atoms. The summed E-state index contributed by atoms with van der Waals surface area (Å²) in [6.45, 7) is 7.71. The lowest BCUT2D eigenvalue weighted by Crippen LogP contribution is -2.47. The number of nitrogens with zero attached hydrogens (tertiary/aromatic N) is 3. The van der Waals surface area contributed by atoms with Crippen LogP contribution in [0.5, 0.6) is 0 Å².